The number of nitrogens with one attached hydrogen (secondary N) is 1. The molecule has 0 fully saturated rings. The first-order chi connectivity index (χ1) is 7.99. The van der Waals surface area contributed by atoms with Crippen LogP contribution < -0.4 is 16.0 Å². The minimum Gasteiger partial charge on any atom is -0.370 e. The number of hydrogen-bond donors (Lipinski definition) is 2. The van der Waals surface area contributed by atoms with Crippen LogP contribution in [-0.4, -0.2) is 31.6 Å². The van der Waals surface area contributed by atoms with Crippen molar-refractivity contribution >= 4 is 22.4 Å². The Kier molecular flexibility index (Phi) is 5.21. The van der Waals surface area contributed by atoms with E-state index in [1.54, 1.807) is 11.3 Å². The standard InChI is InChI=1S/C11H21N5S/c1-8(2)5-13-10(12)14-6-9-7-17-11(15-9)16(3)4/h7-8H,5-6H2,1-4H3,(H3,12,13,14). The van der Waals surface area contributed by atoms with Gasteiger partial charge in [-0.05, 0) is 5.92 Å². The molecule has 0 aromatic carbocycles. The lowest BCUT2D eigenvalue weighted by molar-refractivity contribution is 0.621. The second kappa shape index (κ2) is 6.44. The highest BCUT2D eigenvalue weighted by Gasteiger charge is 2.03. The van der Waals surface area contributed by atoms with E-state index in [0.717, 1.165) is 17.4 Å². The number of aromatic nitrogens is 1. The minimum atomic E-state index is 0.484. The third kappa shape index (κ3) is 5.04. The highest BCUT2D eigenvalue weighted by Crippen LogP contribution is 2.18. The smallest absolute Gasteiger partial charge is 0.188 e. The minimum absolute atomic E-state index is 0.484. The molecule has 1 rings (SSSR count). The molecule has 0 aliphatic rings. The van der Waals surface area contributed by atoms with Crippen LogP contribution in [0.4, 0.5) is 5.13 Å². The van der Waals surface area contributed by atoms with Gasteiger partial charge in [-0.1, -0.05) is 13.8 Å². The Bertz CT molecular complexity index is 370. The van der Waals surface area contributed by atoms with Crippen LogP contribution in [0.2, 0.25) is 0 Å². The Morgan fingerprint density at radius 3 is 2.82 bits per heavy atom. The number of anilines is 1. The van der Waals surface area contributed by atoms with Crippen molar-refractivity contribution in [1.82, 2.24) is 10.3 Å². The maximum absolute atomic E-state index is 5.74. The third-order valence-corrected chi connectivity index (χ3v) is 3.08. The first-order valence-corrected chi connectivity index (χ1v) is 6.52. The molecule has 0 atom stereocenters. The van der Waals surface area contributed by atoms with Gasteiger partial charge in [0.05, 0.1) is 12.2 Å². The highest BCUT2D eigenvalue weighted by atomic mass is 32.1. The summed E-state index contributed by atoms with van der Waals surface area (Å²) in [6, 6.07) is 0. The molecule has 5 nitrogen and oxygen atoms in total. The van der Waals surface area contributed by atoms with Gasteiger partial charge in [-0.15, -0.1) is 11.3 Å². The van der Waals surface area contributed by atoms with E-state index in [1.165, 1.54) is 0 Å². The van der Waals surface area contributed by atoms with Gasteiger partial charge in [0.15, 0.2) is 11.1 Å². The lowest BCUT2D eigenvalue weighted by Gasteiger charge is -2.07. The summed E-state index contributed by atoms with van der Waals surface area (Å²) in [5.74, 6) is 1.04. The SMILES string of the molecule is CC(C)CNC(N)=NCc1csc(N(C)C)n1. The van der Waals surface area contributed by atoms with Gasteiger partial charge in [0, 0.05) is 26.0 Å². The van der Waals surface area contributed by atoms with Crippen molar-refractivity contribution in [2.24, 2.45) is 16.6 Å². The predicted octanol–water partition coefficient (Wildman–Crippen LogP) is 1.27. The molecule has 0 unspecified atom stereocenters. The van der Waals surface area contributed by atoms with Crippen molar-refractivity contribution in [2.45, 2.75) is 20.4 Å². The molecular formula is C11H21N5S. The summed E-state index contributed by atoms with van der Waals surface area (Å²) in [5.41, 5.74) is 6.69. The molecule has 1 heterocycles. The molecule has 0 aliphatic carbocycles. The zero-order valence-corrected chi connectivity index (χ0v) is 11.7. The van der Waals surface area contributed by atoms with Crippen LogP contribution in [-0.2, 0) is 6.54 Å². The van der Waals surface area contributed by atoms with Crippen LogP contribution in [0.1, 0.15) is 19.5 Å². The van der Waals surface area contributed by atoms with Gasteiger partial charge in [-0.3, -0.25) is 0 Å². The molecule has 1 aromatic heterocycles. The van der Waals surface area contributed by atoms with Crippen molar-refractivity contribution in [3.8, 4) is 0 Å². The van der Waals surface area contributed by atoms with E-state index in [2.05, 4.69) is 29.1 Å². The second-order valence-corrected chi connectivity index (χ2v) is 5.33. The van der Waals surface area contributed by atoms with Crippen LogP contribution >= 0.6 is 11.3 Å². The molecule has 0 bridgehead atoms. The van der Waals surface area contributed by atoms with Crippen molar-refractivity contribution in [2.75, 3.05) is 25.5 Å². The highest BCUT2D eigenvalue weighted by molar-refractivity contribution is 7.13. The van der Waals surface area contributed by atoms with Crippen LogP contribution in [0.3, 0.4) is 0 Å². The van der Waals surface area contributed by atoms with Gasteiger partial charge in [0.1, 0.15) is 0 Å². The normalized spacial score (nSPS) is 11.9. The molecule has 0 aliphatic heterocycles. The molecule has 96 valence electrons. The molecule has 0 saturated carbocycles. The van der Waals surface area contributed by atoms with Crippen molar-refractivity contribution in [3.05, 3.63) is 11.1 Å². The fourth-order valence-corrected chi connectivity index (χ4v) is 1.85. The van der Waals surface area contributed by atoms with Gasteiger partial charge in [-0.2, -0.15) is 0 Å². The summed E-state index contributed by atoms with van der Waals surface area (Å²) in [7, 11) is 3.95. The Hall–Kier alpha value is -1.30. The van der Waals surface area contributed by atoms with Crippen LogP contribution in [0.15, 0.2) is 10.4 Å². The molecule has 0 radical (unpaired) electrons. The van der Waals surface area contributed by atoms with Gasteiger partial charge >= 0.3 is 0 Å². The average molecular weight is 255 g/mol. The van der Waals surface area contributed by atoms with Gasteiger partial charge in [0.2, 0.25) is 0 Å². The van der Waals surface area contributed by atoms with E-state index in [0.29, 0.717) is 18.4 Å². The maximum Gasteiger partial charge on any atom is 0.188 e. The molecule has 3 N–H and O–H groups in total. The molecule has 17 heavy (non-hydrogen) atoms. The molecule has 0 spiro atoms. The van der Waals surface area contributed by atoms with E-state index in [1.807, 2.05) is 24.4 Å². The van der Waals surface area contributed by atoms with Gasteiger partial charge in [-0.25, -0.2) is 9.98 Å². The van der Waals surface area contributed by atoms with Crippen LogP contribution in [0.5, 0.6) is 0 Å². The van der Waals surface area contributed by atoms with Crippen LogP contribution in [0.25, 0.3) is 0 Å². The predicted molar refractivity (Wildman–Crippen MR) is 74.6 cm³/mol. The number of aliphatic imine (C=N–C) groups is 1. The molecule has 6 heteroatoms. The molecule has 1 aromatic rings. The first-order valence-electron chi connectivity index (χ1n) is 5.64. The number of nitrogens with zero attached hydrogens (tertiary/aromatic N) is 3. The number of guanidine groups is 1. The Balaban J connectivity index is 2.45. The Morgan fingerprint density at radius 1 is 1.59 bits per heavy atom. The zero-order valence-electron chi connectivity index (χ0n) is 10.9. The van der Waals surface area contributed by atoms with Crippen molar-refractivity contribution in [3.63, 3.8) is 0 Å². The summed E-state index contributed by atoms with van der Waals surface area (Å²) in [4.78, 5) is 10.7. The molecule has 0 amide bonds. The number of thiazole rings is 1. The van der Waals surface area contributed by atoms with Crippen molar-refractivity contribution < 1.29 is 0 Å². The van der Waals surface area contributed by atoms with Gasteiger partial charge < -0.3 is 16.0 Å². The number of rotatable bonds is 5. The maximum atomic E-state index is 5.74. The van der Waals surface area contributed by atoms with E-state index >= 15 is 0 Å². The summed E-state index contributed by atoms with van der Waals surface area (Å²) < 4.78 is 0. The Labute approximate surface area is 107 Å². The van der Waals surface area contributed by atoms with E-state index in [9.17, 15) is 0 Å². The fourth-order valence-electron chi connectivity index (χ4n) is 1.11. The zero-order chi connectivity index (χ0) is 12.8. The second-order valence-electron chi connectivity index (χ2n) is 4.49. The van der Waals surface area contributed by atoms with E-state index in [-0.39, 0.29) is 0 Å². The monoisotopic (exact) mass is 255 g/mol. The van der Waals surface area contributed by atoms with E-state index < -0.39 is 0 Å². The molecular weight excluding hydrogens is 234 g/mol. The van der Waals surface area contributed by atoms with Crippen LogP contribution in [0, 0.1) is 5.92 Å². The number of nitrogens with two attached hydrogens (primary N) is 1. The molecule has 0 saturated heterocycles. The van der Waals surface area contributed by atoms with E-state index in [4.69, 9.17) is 5.73 Å². The summed E-state index contributed by atoms with van der Waals surface area (Å²) >= 11 is 1.61. The average Bonchev–Trinajstić information content (AvgIpc) is 2.72. The topological polar surface area (TPSA) is 66.5 Å². The Morgan fingerprint density at radius 2 is 2.29 bits per heavy atom. The lowest BCUT2D eigenvalue weighted by Crippen LogP contribution is -2.34. The quantitative estimate of drug-likeness (QED) is 0.614. The lowest BCUT2D eigenvalue weighted by atomic mass is 10.2. The third-order valence-electron chi connectivity index (χ3n) is 2.03. The summed E-state index contributed by atoms with van der Waals surface area (Å²) in [5, 5.41) is 6.07. The summed E-state index contributed by atoms with van der Waals surface area (Å²) in [6.45, 7) is 5.63. The van der Waals surface area contributed by atoms with Crippen molar-refractivity contribution in [1.29, 1.82) is 0 Å². The van der Waals surface area contributed by atoms with Gasteiger partial charge in [0.25, 0.3) is 0 Å². The number of hydrogen-bond acceptors (Lipinski definition) is 4. The first kappa shape index (κ1) is 13.8. The largest absolute Gasteiger partial charge is 0.370 e. The fraction of sp³-hybridized carbons (Fsp3) is 0.636. The summed E-state index contributed by atoms with van der Waals surface area (Å²) in [6.07, 6.45) is 0.